The Balaban J connectivity index is 2.25. The number of methoxy groups -OCH3 is 2. The van der Waals surface area contributed by atoms with E-state index in [1.54, 1.807) is 18.2 Å². The second-order valence-electron chi connectivity index (χ2n) is 5.89. The fourth-order valence-electron chi connectivity index (χ4n) is 3.06. The van der Waals surface area contributed by atoms with Gasteiger partial charge in [-0.25, -0.2) is 4.79 Å². The van der Waals surface area contributed by atoms with Gasteiger partial charge in [0.25, 0.3) is 0 Å². The number of alkyl halides is 3. The van der Waals surface area contributed by atoms with Crippen LogP contribution in [0.2, 0.25) is 0 Å². The van der Waals surface area contributed by atoms with Crippen molar-refractivity contribution in [2.24, 2.45) is 5.92 Å². The Hall–Kier alpha value is -1.96. The van der Waals surface area contributed by atoms with Gasteiger partial charge in [-0.3, -0.25) is 0 Å². The molecule has 1 aliphatic rings. The molecule has 0 bridgehead atoms. The predicted octanol–water partition coefficient (Wildman–Crippen LogP) is 2.72. The number of esters is 1. The Bertz CT molecular complexity index is 586. The third-order valence-electron chi connectivity index (χ3n) is 4.31. The van der Waals surface area contributed by atoms with Crippen molar-refractivity contribution in [2.45, 2.75) is 31.5 Å². The highest BCUT2D eigenvalue weighted by atomic mass is 19.4. The molecule has 1 aliphatic heterocycles. The van der Waals surface area contributed by atoms with E-state index in [1.165, 1.54) is 14.2 Å². The van der Waals surface area contributed by atoms with Crippen LogP contribution in [-0.4, -0.2) is 45.6 Å². The van der Waals surface area contributed by atoms with E-state index in [1.807, 2.05) is 0 Å². The number of rotatable bonds is 6. The largest absolute Gasteiger partial charge is 0.493 e. The van der Waals surface area contributed by atoms with Crippen LogP contribution in [-0.2, 0) is 16.0 Å². The first-order valence-electron chi connectivity index (χ1n) is 8.05. The highest BCUT2D eigenvalue weighted by Crippen LogP contribution is 2.34. The van der Waals surface area contributed by atoms with Gasteiger partial charge in [0, 0.05) is 12.0 Å². The van der Waals surface area contributed by atoms with E-state index in [0.29, 0.717) is 43.0 Å². The Morgan fingerprint density at radius 1 is 1.24 bits per heavy atom. The van der Waals surface area contributed by atoms with Crippen LogP contribution in [0, 0.1) is 5.92 Å². The quantitative estimate of drug-likeness (QED) is 0.790. The molecule has 0 saturated carbocycles. The lowest BCUT2D eigenvalue weighted by Gasteiger charge is -2.31. The number of hydrogen-bond acceptors (Lipinski definition) is 5. The van der Waals surface area contributed by atoms with Crippen molar-refractivity contribution >= 4 is 5.97 Å². The van der Waals surface area contributed by atoms with Gasteiger partial charge in [-0.2, -0.15) is 13.2 Å². The molecule has 0 radical (unpaired) electrons. The van der Waals surface area contributed by atoms with Crippen LogP contribution >= 0.6 is 0 Å². The molecule has 0 aromatic heterocycles. The molecule has 1 aromatic carbocycles. The van der Waals surface area contributed by atoms with Crippen LogP contribution in [0.4, 0.5) is 13.2 Å². The maximum Gasteiger partial charge on any atom is 0.490 e. The van der Waals surface area contributed by atoms with Gasteiger partial charge in [0.2, 0.25) is 0 Å². The van der Waals surface area contributed by atoms with Crippen molar-refractivity contribution in [3.63, 3.8) is 0 Å². The van der Waals surface area contributed by atoms with Crippen molar-refractivity contribution in [3.8, 4) is 11.5 Å². The van der Waals surface area contributed by atoms with Crippen molar-refractivity contribution in [3.05, 3.63) is 23.8 Å². The van der Waals surface area contributed by atoms with E-state index in [2.05, 4.69) is 5.32 Å². The summed E-state index contributed by atoms with van der Waals surface area (Å²) in [7, 11) is 2.94. The molecule has 0 amide bonds. The van der Waals surface area contributed by atoms with E-state index in [4.69, 9.17) is 14.2 Å². The molecule has 25 heavy (non-hydrogen) atoms. The van der Waals surface area contributed by atoms with Gasteiger partial charge in [0.15, 0.2) is 11.5 Å². The zero-order valence-electron chi connectivity index (χ0n) is 14.2. The second kappa shape index (κ2) is 8.42. The van der Waals surface area contributed by atoms with Crippen molar-refractivity contribution in [2.75, 3.05) is 27.3 Å². The summed E-state index contributed by atoms with van der Waals surface area (Å²) in [6, 6.07) is 5.15. The summed E-state index contributed by atoms with van der Waals surface area (Å²) in [5.41, 5.74) is 0.639. The van der Waals surface area contributed by atoms with Crippen LogP contribution in [0.25, 0.3) is 0 Å². The molecule has 2 rings (SSSR count). The van der Waals surface area contributed by atoms with Gasteiger partial charge >= 0.3 is 12.1 Å². The third kappa shape index (κ3) is 5.01. The van der Waals surface area contributed by atoms with E-state index >= 15 is 0 Å². The number of hydrogen-bond donors (Lipinski definition) is 1. The fourth-order valence-corrected chi connectivity index (χ4v) is 3.06. The molecular formula is C17H22F3NO4. The summed E-state index contributed by atoms with van der Waals surface area (Å²) in [4.78, 5) is 11.4. The van der Waals surface area contributed by atoms with Gasteiger partial charge in [0.05, 0.1) is 14.2 Å². The number of carbonyl (C=O) groups is 1. The minimum Gasteiger partial charge on any atom is -0.493 e. The summed E-state index contributed by atoms with van der Waals surface area (Å²) in [5.74, 6) is -1.39. The Morgan fingerprint density at radius 3 is 2.48 bits per heavy atom. The number of carbonyl (C=O) groups excluding carboxylic acids is 1. The summed E-state index contributed by atoms with van der Waals surface area (Å²) in [6.45, 7) is 1.36. The molecule has 0 spiro atoms. The summed E-state index contributed by atoms with van der Waals surface area (Å²) in [6.07, 6.45) is -4.47. The minimum atomic E-state index is -5.01. The maximum atomic E-state index is 12.6. The first-order chi connectivity index (χ1) is 11.9. The molecule has 0 aliphatic carbocycles. The molecule has 1 unspecified atom stereocenters. The van der Waals surface area contributed by atoms with Crippen LogP contribution in [0.1, 0.15) is 18.4 Å². The summed E-state index contributed by atoms with van der Waals surface area (Å²) < 4.78 is 53.3. The number of nitrogens with one attached hydrogen (secondary N) is 1. The molecule has 8 heteroatoms. The molecule has 5 nitrogen and oxygen atoms in total. The molecule has 1 saturated heterocycles. The lowest BCUT2D eigenvalue weighted by atomic mass is 9.88. The van der Waals surface area contributed by atoms with Gasteiger partial charge in [-0.1, -0.05) is 12.1 Å². The second-order valence-corrected chi connectivity index (χ2v) is 5.89. The van der Waals surface area contributed by atoms with E-state index < -0.39 is 18.2 Å². The molecule has 1 heterocycles. The molecule has 140 valence electrons. The van der Waals surface area contributed by atoms with Crippen LogP contribution in [0.15, 0.2) is 18.2 Å². The fraction of sp³-hybridized carbons (Fsp3) is 0.588. The topological polar surface area (TPSA) is 56.8 Å². The standard InChI is InChI=1S/C17H22F3NO4/c1-23-13-5-3-4-12(15(13)24-2)10-14(11-6-8-21-9-7-11)25-16(22)17(18,19)20/h3-5,11,14,21H,6-10H2,1-2H3. The maximum absolute atomic E-state index is 12.6. The van der Waals surface area contributed by atoms with Crippen molar-refractivity contribution in [1.82, 2.24) is 5.32 Å². The van der Waals surface area contributed by atoms with Gasteiger partial charge < -0.3 is 19.5 Å². The SMILES string of the molecule is COc1cccc(CC(OC(=O)C(F)(F)F)C2CCNCC2)c1OC. The molecule has 1 atom stereocenters. The van der Waals surface area contributed by atoms with Crippen molar-refractivity contribution < 1.29 is 32.2 Å². The Morgan fingerprint density at radius 2 is 1.92 bits per heavy atom. The van der Waals surface area contributed by atoms with E-state index in [0.717, 1.165) is 0 Å². The van der Waals surface area contributed by atoms with E-state index in [-0.39, 0.29) is 12.3 Å². The van der Waals surface area contributed by atoms with Crippen molar-refractivity contribution in [1.29, 1.82) is 0 Å². The predicted molar refractivity (Wildman–Crippen MR) is 84.8 cm³/mol. The zero-order chi connectivity index (χ0) is 18.4. The molecule has 1 aromatic rings. The monoisotopic (exact) mass is 361 g/mol. The highest BCUT2D eigenvalue weighted by molar-refractivity contribution is 5.75. The number of piperidine rings is 1. The average Bonchev–Trinajstić information content (AvgIpc) is 2.60. The zero-order valence-corrected chi connectivity index (χ0v) is 14.2. The third-order valence-corrected chi connectivity index (χ3v) is 4.31. The average molecular weight is 361 g/mol. The Kier molecular flexibility index (Phi) is 6.52. The highest BCUT2D eigenvalue weighted by Gasteiger charge is 2.43. The number of ether oxygens (including phenoxy) is 3. The first kappa shape index (κ1) is 19.4. The van der Waals surface area contributed by atoms with Gasteiger partial charge in [-0.15, -0.1) is 0 Å². The number of para-hydroxylation sites is 1. The molecule has 1 fully saturated rings. The molecule has 1 N–H and O–H groups in total. The Labute approximate surface area is 144 Å². The first-order valence-corrected chi connectivity index (χ1v) is 8.05. The molecular weight excluding hydrogens is 339 g/mol. The number of benzene rings is 1. The lowest BCUT2D eigenvalue weighted by molar-refractivity contribution is -0.207. The summed E-state index contributed by atoms with van der Waals surface area (Å²) in [5, 5.41) is 3.15. The smallest absolute Gasteiger partial charge is 0.490 e. The van der Waals surface area contributed by atoms with Gasteiger partial charge in [0.1, 0.15) is 6.10 Å². The number of halogens is 3. The summed E-state index contributed by atoms with van der Waals surface area (Å²) >= 11 is 0. The van der Waals surface area contributed by atoms with Crippen LogP contribution < -0.4 is 14.8 Å². The lowest BCUT2D eigenvalue weighted by Crippen LogP contribution is -2.40. The van der Waals surface area contributed by atoms with E-state index in [9.17, 15) is 18.0 Å². The minimum absolute atomic E-state index is 0.132. The van der Waals surface area contributed by atoms with Crippen LogP contribution in [0.5, 0.6) is 11.5 Å². The van der Waals surface area contributed by atoms with Gasteiger partial charge in [-0.05, 0) is 37.9 Å². The normalized spacial score (nSPS) is 17.0. The van der Waals surface area contributed by atoms with Crippen LogP contribution in [0.3, 0.4) is 0 Å².